The molecule has 0 bridgehead atoms. The second-order valence-corrected chi connectivity index (χ2v) is 7.76. The van der Waals surface area contributed by atoms with Crippen LogP contribution in [0.2, 0.25) is 0 Å². The van der Waals surface area contributed by atoms with Gasteiger partial charge in [-0.15, -0.1) is 0 Å². The van der Waals surface area contributed by atoms with Gasteiger partial charge in [0.25, 0.3) is 0 Å². The third-order valence-electron chi connectivity index (χ3n) is 4.14. The molecule has 0 radical (unpaired) electrons. The standard InChI is InChI=1S/C16H23N3O3S/c1-12(14-6-4-3-5-7-14)8-18-16(20)19-9-13(2)15(10-19)11-23(17,21)22/h3-7,13,15H,1,8-11H2,2H3,(H,18,20)(H2,17,21,22)/t13-,15+/m1/s1. The Balaban J connectivity index is 1.86. The molecule has 1 saturated heterocycles. The van der Waals surface area contributed by atoms with E-state index < -0.39 is 10.0 Å². The Kier molecular flexibility index (Phi) is 5.43. The average Bonchev–Trinajstić information content (AvgIpc) is 2.84. The van der Waals surface area contributed by atoms with Gasteiger partial charge >= 0.3 is 6.03 Å². The summed E-state index contributed by atoms with van der Waals surface area (Å²) >= 11 is 0. The minimum Gasteiger partial charge on any atom is -0.334 e. The fourth-order valence-corrected chi connectivity index (χ4v) is 3.82. The minimum atomic E-state index is -3.52. The van der Waals surface area contributed by atoms with E-state index in [-0.39, 0.29) is 23.6 Å². The van der Waals surface area contributed by atoms with Gasteiger partial charge in [-0.25, -0.2) is 18.4 Å². The molecule has 6 nitrogen and oxygen atoms in total. The van der Waals surface area contributed by atoms with E-state index in [1.165, 1.54) is 0 Å². The Morgan fingerprint density at radius 1 is 1.35 bits per heavy atom. The van der Waals surface area contributed by atoms with Crippen LogP contribution in [0.1, 0.15) is 12.5 Å². The van der Waals surface area contributed by atoms with Gasteiger partial charge in [-0.2, -0.15) is 0 Å². The van der Waals surface area contributed by atoms with Gasteiger partial charge in [0.15, 0.2) is 0 Å². The summed E-state index contributed by atoms with van der Waals surface area (Å²) in [5.41, 5.74) is 1.81. The molecule has 126 valence electrons. The highest BCUT2D eigenvalue weighted by Gasteiger charge is 2.34. The lowest BCUT2D eigenvalue weighted by molar-refractivity contribution is 0.208. The Hall–Kier alpha value is -1.86. The second-order valence-electron chi connectivity index (χ2n) is 6.10. The van der Waals surface area contributed by atoms with Crippen molar-refractivity contribution in [3.8, 4) is 0 Å². The quantitative estimate of drug-likeness (QED) is 0.847. The fourth-order valence-electron chi connectivity index (χ4n) is 2.79. The van der Waals surface area contributed by atoms with Gasteiger partial charge in [-0.05, 0) is 23.0 Å². The largest absolute Gasteiger partial charge is 0.334 e. The lowest BCUT2D eigenvalue weighted by atomic mass is 10.0. The molecule has 1 fully saturated rings. The number of carbonyl (C=O) groups excluding carboxylic acids is 1. The van der Waals surface area contributed by atoms with Crippen molar-refractivity contribution in [2.24, 2.45) is 17.0 Å². The summed E-state index contributed by atoms with van der Waals surface area (Å²) in [5.74, 6) is -0.0984. The summed E-state index contributed by atoms with van der Waals surface area (Å²) < 4.78 is 22.5. The number of hydrogen-bond acceptors (Lipinski definition) is 3. The van der Waals surface area contributed by atoms with Crippen LogP contribution in [0.5, 0.6) is 0 Å². The molecule has 1 heterocycles. The maximum absolute atomic E-state index is 12.2. The van der Waals surface area contributed by atoms with E-state index in [9.17, 15) is 13.2 Å². The number of benzene rings is 1. The third kappa shape index (κ3) is 5.07. The molecule has 0 aliphatic carbocycles. The van der Waals surface area contributed by atoms with Crippen LogP contribution in [0.25, 0.3) is 5.57 Å². The highest BCUT2D eigenvalue weighted by Crippen LogP contribution is 2.24. The van der Waals surface area contributed by atoms with E-state index in [2.05, 4.69) is 11.9 Å². The Morgan fingerprint density at radius 2 is 2.00 bits per heavy atom. The van der Waals surface area contributed by atoms with Crippen molar-refractivity contribution in [3.05, 3.63) is 42.5 Å². The molecule has 0 aromatic heterocycles. The van der Waals surface area contributed by atoms with Gasteiger partial charge < -0.3 is 10.2 Å². The van der Waals surface area contributed by atoms with Crippen molar-refractivity contribution >= 4 is 21.6 Å². The van der Waals surface area contributed by atoms with E-state index in [0.717, 1.165) is 11.1 Å². The normalized spacial score (nSPS) is 21.2. The average molecular weight is 337 g/mol. The third-order valence-corrected chi connectivity index (χ3v) is 5.03. The molecule has 1 aliphatic rings. The molecule has 0 saturated carbocycles. The summed E-state index contributed by atoms with van der Waals surface area (Å²) in [6, 6.07) is 9.44. The van der Waals surface area contributed by atoms with Crippen LogP contribution in [0.15, 0.2) is 36.9 Å². The molecule has 0 unspecified atom stereocenters. The molecule has 1 aromatic rings. The highest BCUT2D eigenvalue weighted by atomic mass is 32.2. The molecule has 2 rings (SSSR count). The number of primary sulfonamides is 1. The van der Waals surface area contributed by atoms with Crippen molar-refractivity contribution in [1.82, 2.24) is 10.2 Å². The van der Waals surface area contributed by atoms with Gasteiger partial charge in [0.05, 0.1) is 5.75 Å². The number of likely N-dealkylation sites (tertiary alicyclic amines) is 1. The molecule has 1 aliphatic heterocycles. The molecule has 2 amide bonds. The van der Waals surface area contributed by atoms with Crippen molar-refractivity contribution in [2.75, 3.05) is 25.4 Å². The Morgan fingerprint density at radius 3 is 2.61 bits per heavy atom. The topological polar surface area (TPSA) is 92.5 Å². The lowest BCUT2D eigenvalue weighted by Gasteiger charge is -2.18. The van der Waals surface area contributed by atoms with Crippen molar-refractivity contribution < 1.29 is 13.2 Å². The predicted molar refractivity (Wildman–Crippen MR) is 91.1 cm³/mol. The molecular weight excluding hydrogens is 314 g/mol. The van der Waals surface area contributed by atoms with Gasteiger partial charge in [0.2, 0.25) is 10.0 Å². The second kappa shape index (κ2) is 7.14. The van der Waals surface area contributed by atoms with Crippen LogP contribution in [0.3, 0.4) is 0 Å². The van der Waals surface area contributed by atoms with E-state index >= 15 is 0 Å². The number of sulfonamides is 1. The predicted octanol–water partition coefficient (Wildman–Crippen LogP) is 1.27. The number of rotatable bonds is 5. The number of nitrogens with one attached hydrogen (secondary N) is 1. The first kappa shape index (κ1) is 17.5. The van der Waals surface area contributed by atoms with Crippen LogP contribution < -0.4 is 10.5 Å². The molecule has 3 N–H and O–H groups in total. The lowest BCUT2D eigenvalue weighted by Crippen LogP contribution is -2.39. The highest BCUT2D eigenvalue weighted by molar-refractivity contribution is 7.89. The molecular formula is C16H23N3O3S. The summed E-state index contributed by atoms with van der Waals surface area (Å²) in [7, 11) is -3.52. The Bertz CT molecular complexity index is 673. The van der Waals surface area contributed by atoms with Crippen LogP contribution in [-0.4, -0.2) is 44.7 Å². The number of amides is 2. The van der Waals surface area contributed by atoms with E-state index in [1.807, 2.05) is 37.3 Å². The van der Waals surface area contributed by atoms with E-state index in [0.29, 0.717) is 19.6 Å². The van der Waals surface area contributed by atoms with Crippen LogP contribution >= 0.6 is 0 Å². The minimum absolute atomic E-state index is 0.0886. The molecule has 7 heteroatoms. The van der Waals surface area contributed by atoms with Gasteiger partial charge in [0, 0.05) is 19.6 Å². The molecule has 2 atom stereocenters. The summed E-state index contributed by atoms with van der Waals surface area (Å²) in [5, 5.41) is 7.94. The number of nitrogens with two attached hydrogens (primary N) is 1. The van der Waals surface area contributed by atoms with Crippen molar-refractivity contribution in [1.29, 1.82) is 0 Å². The first-order chi connectivity index (χ1) is 10.8. The van der Waals surface area contributed by atoms with Crippen molar-refractivity contribution in [3.63, 3.8) is 0 Å². The summed E-state index contributed by atoms with van der Waals surface area (Å²) in [4.78, 5) is 13.9. The zero-order chi connectivity index (χ0) is 17.0. The number of nitrogens with zero attached hydrogens (tertiary/aromatic N) is 1. The molecule has 23 heavy (non-hydrogen) atoms. The van der Waals surface area contributed by atoms with E-state index in [1.54, 1.807) is 4.90 Å². The van der Waals surface area contributed by atoms with E-state index in [4.69, 9.17) is 5.14 Å². The van der Waals surface area contributed by atoms with Gasteiger partial charge in [-0.3, -0.25) is 0 Å². The first-order valence-electron chi connectivity index (χ1n) is 7.52. The smallest absolute Gasteiger partial charge is 0.317 e. The zero-order valence-electron chi connectivity index (χ0n) is 13.2. The van der Waals surface area contributed by atoms with Crippen LogP contribution in [0.4, 0.5) is 4.79 Å². The summed E-state index contributed by atoms with van der Waals surface area (Å²) in [6.45, 7) is 7.20. The first-order valence-corrected chi connectivity index (χ1v) is 9.24. The maximum atomic E-state index is 12.2. The monoisotopic (exact) mass is 337 g/mol. The number of hydrogen-bond donors (Lipinski definition) is 2. The zero-order valence-corrected chi connectivity index (χ0v) is 14.1. The van der Waals surface area contributed by atoms with Crippen LogP contribution in [-0.2, 0) is 10.0 Å². The van der Waals surface area contributed by atoms with Crippen molar-refractivity contribution in [2.45, 2.75) is 6.92 Å². The van der Waals surface area contributed by atoms with Crippen LogP contribution in [0, 0.1) is 11.8 Å². The fraction of sp³-hybridized carbons (Fsp3) is 0.438. The molecule has 1 aromatic carbocycles. The SMILES string of the molecule is C=C(CNC(=O)N1C[C@@H](CS(N)(=O)=O)[C@H](C)C1)c1ccccc1. The Labute approximate surface area is 137 Å². The number of urea groups is 1. The summed E-state index contributed by atoms with van der Waals surface area (Å²) in [6.07, 6.45) is 0. The number of carbonyl (C=O) groups is 1. The maximum Gasteiger partial charge on any atom is 0.317 e. The van der Waals surface area contributed by atoms with Gasteiger partial charge in [-0.1, -0.05) is 43.8 Å². The molecule has 0 spiro atoms. The van der Waals surface area contributed by atoms with Gasteiger partial charge in [0.1, 0.15) is 0 Å².